The third-order valence-electron chi connectivity index (χ3n) is 3.04. The molecule has 3 N–H and O–H groups in total. The lowest BCUT2D eigenvalue weighted by molar-refractivity contribution is 0.0996. The summed E-state index contributed by atoms with van der Waals surface area (Å²) >= 11 is 0. The van der Waals surface area contributed by atoms with Crippen molar-refractivity contribution in [3.8, 4) is 0 Å². The van der Waals surface area contributed by atoms with E-state index < -0.39 is 35.0 Å². The number of nitrogens with two attached hydrogens (primary N) is 1. The molecular formula is C15H13F3N2O. The van der Waals surface area contributed by atoms with Crippen LogP contribution < -0.4 is 11.1 Å². The zero-order chi connectivity index (χ0) is 15.6. The number of halogens is 3. The second kappa shape index (κ2) is 5.87. The van der Waals surface area contributed by atoms with E-state index in [0.717, 1.165) is 6.07 Å². The smallest absolute Gasteiger partial charge is 0.251 e. The van der Waals surface area contributed by atoms with Crippen LogP contribution in [-0.4, -0.2) is 5.91 Å². The van der Waals surface area contributed by atoms with Crippen molar-refractivity contribution in [2.75, 3.05) is 5.32 Å². The highest BCUT2D eigenvalue weighted by molar-refractivity contribution is 5.94. The van der Waals surface area contributed by atoms with Gasteiger partial charge in [-0.2, -0.15) is 0 Å². The van der Waals surface area contributed by atoms with E-state index in [-0.39, 0.29) is 5.69 Å². The van der Waals surface area contributed by atoms with E-state index in [2.05, 4.69) is 5.32 Å². The average Bonchev–Trinajstić information content (AvgIpc) is 2.41. The van der Waals surface area contributed by atoms with Gasteiger partial charge in [-0.3, -0.25) is 4.79 Å². The predicted octanol–water partition coefficient (Wildman–Crippen LogP) is 3.38. The molecule has 2 aromatic carbocycles. The number of hydrogen-bond acceptors (Lipinski definition) is 2. The summed E-state index contributed by atoms with van der Waals surface area (Å²) < 4.78 is 40.3. The fraction of sp³-hybridized carbons (Fsp3) is 0.133. The Bertz CT molecular complexity index is 689. The van der Waals surface area contributed by atoms with Gasteiger partial charge in [-0.05, 0) is 30.7 Å². The molecular weight excluding hydrogens is 281 g/mol. The molecule has 2 rings (SSSR count). The zero-order valence-electron chi connectivity index (χ0n) is 11.2. The van der Waals surface area contributed by atoms with Crippen molar-refractivity contribution in [1.29, 1.82) is 0 Å². The minimum atomic E-state index is -1.02. The SMILES string of the molecule is CC(Nc1cc(C(N)=O)c(F)cc1F)c1cccc(F)c1. The highest BCUT2D eigenvalue weighted by Gasteiger charge is 2.16. The van der Waals surface area contributed by atoms with Gasteiger partial charge in [0.15, 0.2) is 0 Å². The first-order chi connectivity index (χ1) is 9.88. The summed E-state index contributed by atoms with van der Waals surface area (Å²) in [5, 5.41) is 2.76. The molecule has 21 heavy (non-hydrogen) atoms. The van der Waals surface area contributed by atoms with Crippen molar-refractivity contribution < 1.29 is 18.0 Å². The molecule has 0 aliphatic rings. The van der Waals surface area contributed by atoms with Crippen LogP contribution in [-0.2, 0) is 0 Å². The standard InChI is InChI=1S/C15H13F3N2O/c1-8(9-3-2-4-10(16)5-9)20-14-6-11(15(19)21)12(17)7-13(14)18/h2-8,20H,1H3,(H2,19,21). The molecule has 0 bridgehead atoms. The molecule has 2 aromatic rings. The van der Waals surface area contributed by atoms with Crippen molar-refractivity contribution in [2.45, 2.75) is 13.0 Å². The first-order valence-corrected chi connectivity index (χ1v) is 6.19. The van der Waals surface area contributed by atoms with E-state index in [4.69, 9.17) is 5.73 Å². The summed E-state index contributed by atoms with van der Waals surface area (Å²) in [6, 6.07) is 6.93. The van der Waals surface area contributed by atoms with E-state index in [9.17, 15) is 18.0 Å². The van der Waals surface area contributed by atoms with Crippen LogP contribution in [0, 0.1) is 17.5 Å². The molecule has 0 saturated heterocycles. The molecule has 0 radical (unpaired) electrons. The van der Waals surface area contributed by atoms with Crippen molar-refractivity contribution in [1.82, 2.24) is 0 Å². The van der Waals surface area contributed by atoms with E-state index >= 15 is 0 Å². The lowest BCUT2D eigenvalue weighted by Gasteiger charge is -2.17. The summed E-state index contributed by atoms with van der Waals surface area (Å²) in [5.74, 6) is -3.29. The van der Waals surface area contributed by atoms with E-state index in [0.29, 0.717) is 11.6 Å². The maximum atomic E-state index is 13.7. The molecule has 0 aliphatic carbocycles. The molecule has 110 valence electrons. The van der Waals surface area contributed by atoms with Gasteiger partial charge in [-0.25, -0.2) is 13.2 Å². The predicted molar refractivity (Wildman–Crippen MR) is 73.3 cm³/mol. The number of benzene rings is 2. The third kappa shape index (κ3) is 3.34. The van der Waals surface area contributed by atoms with Gasteiger partial charge in [0.05, 0.1) is 11.3 Å². The molecule has 3 nitrogen and oxygen atoms in total. The van der Waals surface area contributed by atoms with Gasteiger partial charge in [-0.15, -0.1) is 0 Å². The van der Waals surface area contributed by atoms with Gasteiger partial charge in [0, 0.05) is 12.1 Å². The maximum Gasteiger partial charge on any atom is 0.251 e. The Morgan fingerprint density at radius 2 is 1.86 bits per heavy atom. The fourth-order valence-electron chi connectivity index (χ4n) is 1.94. The molecule has 1 atom stereocenters. The van der Waals surface area contributed by atoms with Crippen LogP contribution in [0.2, 0.25) is 0 Å². The quantitative estimate of drug-likeness (QED) is 0.908. The summed E-state index contributed by atoms with van der Waals surface area (Å²) in [6.07, 6.45) is 0. The van der Waals surface area contributed by atoms with Crippen molar-refractivity contribution in [2.24, 2.45) is 5.73 Å². The topological polar surface area (TPSA) is 55.1 Å². The van der Waals surface area contributed by atoms with Gasteiger partial charge in [0.25, 0.3) is 5.91 Å². The summed E-state index contributed by atoms with van der Waals surface area (Å²) in [5.41, 5.74) is 5.11. The van der Waals surface area contributed by atoms with Crippen LogP contribution in [0.25, 0.3) is 0 Å². The zero-order valence-corrected chi connectivity index (χ0v) is 11.2. The summed E-state index contributed by atoms with van der Waals surface area (Å²) in [6.45, 7) is 1.68. The lowest BCUT2D eigenvalue weighted by Crippen LogP contribution is -2.15. The van der Waals surface area contributed by atoms with Crippen LogP contribution >= 0.6 is 0 Å². The molecule has 0 aromatic heterocycles. The van der Waals surface area contributed by atoms with Crippen molar-refractivity contribution in [3.63, 3.8) is 0 Å². The average molecular weight is 294 g/mol. The number of amides is 1. The Hall–Kier alpha value is -2.50. The van der Waals surface area contributed by atoms with Gasteiger partial charge < -0.3 is 11.1 Å². The van der Waals surface area contributed by atoms with Crippen LogP contribution in [0.1, 0.15) is 28.9 Å². The van der Waals surface area contributed by atoms with Gasteiger partial charge in [0.1, 0.15) is 17.5 Å². The summed E-state index contributed by atoms with van der Waals surface area (Å²) in [4.78, 5) is 11.1. The molecule has 1 unspecified atom stereocenters. The first-order valence-electron chi connectivity index (χ1n) is 6.19. The van der Waals surface area contributed by atoms with Crippen molar-refractivity contribution >= 4 is 11.6 Å². The minimum absolute atomic E-state index is 0.0815. The number of nitrogens with one attached hydrogen (secondary N) is 1. The molecule has 0 saturated carbocycles. The Labute approximate surface area is 119 Å². The van der Waals surface area contributed by atoms with E-state index in [1.54, 1.807) is 13.0 Å². The number of hydrogen-bond donors (Lipinski definition) is 2. The monoisotopic (exact) mass is 294 g/mol. The Balaban J connectivity index is 2.31. The number of primary amides is 1. The molecule has 6 heteroatoms. The van der Waals surface area contributed by atoms with Gasteiger partial charge in [-0.1, -0.05) is 12.1 Å². The number of anilines is 1. The fourth-order valence-corrected chi connectivity index (χ4v) is 1.94. The third-order valence-corrected chi connectivity index (χ3v) is 3.04. The maximum absolute atomic E-state index is 13.7. The van der Waals surface area contributed by atoms with E-state index in [1.165, 1.54) is 18.2 Å². The van der Waals surface area contributed by atoms with Gasteiger partial charge in [0.2, 0.25) is 0 Å². The highest BCUT2D eigenvalue weighted by Crippen LogP contribution is 2.24. The normalized spacial score (nSPS) is 12.0. The molecule has 0 fully saturated rings. The lowest BCUT2D eigenvalue weighted by atomic mass is 10.1. The second-order valence-electron chi connectivity index (χ2n) is 4.60. The second-order valence-corrected chi connectivity index (χ2v) is 4.60. The number of carbonyl (C=O) groups is 1. The van der Waals surface area contributed by atoms with Crippen LogP contribution in [0.5, 0.6) is 0 Å². The minimum Gasteiger partial charge on any atom is -0.376 e. The molecule has 1 amide bonds. The molecule has 0 spiro atoms. The summed E-state index contributed by atoms with van der Waals surface area (Å²) in [7, 11) is 0. The highest BCUT2D eigenvalue weighted by atomic mass is 19.1. The molecule has 0 aliphatic heterocycles. The van der Waals surface area contributed by atoms with E-state index in [1.807, 2.05) is 0 Å². The largest absolute Gasteiger partial charge is 0.376 e. The number of rotatable bonds is 4. The Morgan fingerprint density at radius 1 is 1.14 bits per heavy atom. The first kappa shape index (κ1) is 14.9. The molecule has 0 heterocycles. The van der Waals surface area contributed by atoms with Crippen molar-refractivity contribution in [3.05, 3.63) is 65.0 Å². The Morgan fingerprint density at radius 3 is 2.48 bits per heavy atom. The van der Waals surface area contributed by atoms with Crippen LogP contribution in [0.3, 0.4) is 0 Å². The van der Waals surface area contributed by atoms with Crippen LogP contribution in [0.4, 0.5) is 18.9 Å². The van der Waals surface area contributed by atoms with Gasteiger partial charge >= 0.3 is 0 Å². The Kier molecular flexibility index (Phi) is 4.16. The van der Waals surface area contributed by atoms with Crippen LogP contribution in [0.15, 0.2) is 36.4 Å². The number of carbonyl (C=O) groups excluding carboxylic acids is 1.